The van der Waals surface area contributed by atoms with Crippen LogP contribution in [0.25, 0.3) is 17.5 Å². The number of amides is 1. The van der Waals surface area contributed by atoms with Crippen molar-refractivity contribution < 1.29 is 4.79 Å². The number of nitrogens with zero attached hydrogens (tertiary/aromatic N) is 4. The number of hydrazone groups is 1. The average molecular weight is 426 g/mol. The molecule has 29 heavy (non-hydrogen) atoms. The molecule has 8 heteroatoms. The SMILES string of the molecule is CCn1c(SCC(=O)N/N=C/C=C/c2ccccc2)nnc1-c1ccc(Cl)cc1. The molecule has 0 atom stereocenters. The lowest BCUT2D eigenvalue weighted by Crippen LogP contribution is -2.19. The number of thioether (sulfide) groups is 1. The van der Waals surface area contributed by atoms with Gasteiger partial charge in [0.15, 0.2) is 11.0 Å². The Morgan fingerprint density at radius 2 is 1.93 bits per heavy atom. The molecule has 0 saturated heterocycles. The Bertz CT molecular complexity index is 1000. The van der Waals surface area contributed by atoms with Crippen LogP contribution in [-0.4, -0.2) is 32.6 Å². The van der Waals surface area contributed by atoms with Crippen molar-refractivity contribution in [1.82, 2.24) is 20.2 Å². The number of carbonyl (C=O) groups excluding carboxylic acids is 1. The van der Waals surface area contributed by atoms with Gasteiger partial charge in [-0.2, -0.15) is 5.10 Å². The molecular weight excluding hydrogens is 406 g/mol. The highest BCUT2D eigenvalue weighted by molar-refractivity contribution is 7.99. The van der Waals surface area contributed by atoms with Crippen molar-refractivity contribution in [2.75, 3.05) is 5.75 Å². The second-order valence-electron chi connectivity index (χ2n) is 5.93. The van der Waals surface area contributed by atoms with Crippen molar-refractivity contribution in [3.8, 4) is 11.4 Å². The van der Waals surface area contributed by atoms with E-state index in [1.807, 2.05) is 72.2 Å². The normalized spacial score (nSPS) is 11.4. The molecular formula is C21H20ClN5OS. The minimum Gasteiger partial charge on any atom is -0.302 e. The summed E-state index contributed by atoms with van der Waals surface area (Å²) in [4.78, 5) is 12.0. The van der Waals surface area contributed by atoms with Gasteiger partial charge in [-0.15, -0.1) is 10.2 Å². The maximum atomic E-state index is 12.0. The quantitative estimate of drug-likeness (QED) is 0.327. The van der Waals surface area contributed by atoms with Crippen molar-refractivity contribution in [3.05, 3.63) is 71.3 Å². The van der Waals surface area contributed by atoms with E-state index in [2.05, 4.69) is 20.7 Å². The Labute approximate surface area is 178 Å². The molecule has 6 nitrogen and oxygen atoms in total. The number of aromatic nitrogens is 3. The first-order chi connectivity index (χ1) is 14.2. The standard InChI is InChI=1S/C21H20ClN5OS/c1-2-27-20(17-10-12-18(22)13-11-17)25-26-21(27)29-15-19(28)24-23-14-6-9-16-7-4-3-5-8-16/h3-14H,2,15H2,1H3,(H,24,28)/b9-6+,23-14+. The van der Waals surface area contributed by atoms with Crippen LogP contribution >= 0.6 is 23.4 Å². The topological polar surface area (TPSA) is 72.2 Å². The summed E-state index contributed by atoms with van der Waals surface area (Å²) in [5.41, 5.74) is 4.50. The third-order valence-electron chi connectivity index (χ3n) is 3.91. The van der Waals surface area contributed by atoms with Crippen molar-refractivity contribution in [2.24, 2.45) is 5.10 Å². The molecule has 0 aliphatic heterocycles. The molecule has 0 spiro atoms. The smallest absolute Gasteiger partial charge is 0.250 e. The Balaban J connectivity index is 1.53. The minimum atomic E-state index is -0.210. The van der Waals surface area contributed by atoms with Crippen LogP contribution in [0.15, 0.2) is 70.9 Å². The van der Waals surface area contributed by atoms with E-state index in [0.717, 1.165) is 17.0 Å². The van der Waals surface area contributed by atoms with Gasteiger partial charge < -0.3 is 4.57 Å². The molecule has 0 radical (unpaired) electrons. The molecule has 1 aromatic heterocycles. The van der Waals surface area contributed by atoms with Crippen molar-refractivity contribution >= 4 is 41.6 Å². The molecule has 2 aromatic carbocycles. The minimum absolute atomic E-state index is 0.193. The molecule has 148 valence electrons. The van der Waals surface area contributed by atoms with Gasteiger partial charge in [0, 0.05) is 23.3 Å². The van der Waals surface area contributed by atoms with E-state index >= 15 is 0 Å². The molecule has 3 aromatic rings. The summed E-state index contributed by atoms with van der Waals surface area (Å²) in [6, 6.07) is 17.3. The molecule has 1 N–H and O–H groups in total. The molecule has 0 saturated carbocycles. The first-order valence-electron chi connectivity index (χ1n) is 9.03. The number of benzene rings is 2. The fraction of sp³-hybridized carbons (Fsp3) is 0.143. The lowest BCUT2D eigenvalue weighted by Gasteiger charge is -2.07. The van der Waals surface area contributed by atoms with Gasteiger partial charge in [0.2, 0.25) is 0 Å². The van der Waals surface area contributed by atoms with Gasteiger partial charge in [-0.05, 0) is 42.8 Å². The number of hydrogen-bond donors (Lipinski definition) is 1. The lowest BCUT2D eigenvalue weighted by molar-refractivity contribution is -0.118. The van der Waals surface area contributed by atoms with Gasteiger partial charge in [-0.25, -0.2) is 5.43 Å². The van der Waals surface area contributed by atoms with Gasteiger partial charge in [-0.1, -0.05) is 59.8 Å². The zero-order chi connectivity index (χ0) is 20.5. The van der Waals surface area contributed by atoms with Gasteiger partial charge in [0.05, 0.1) is 5.75 Å². The van der Waals surface area contributed by atoms with Crippen molar-refractivity contribution in [3.63, 3.8) is 0 Å². The molecule has 0 aliphatic rings. The fourth-order valence-corrected chi connectivity index (χ4v) is 3.45. The Hall–Kier alpha value is -2.90. The molecule has 0 unspecified atom stereocenters. The first kappa shape index (κ1) is 20.8. The predicted octanol–water partition coefficient (Wildman–Crippen LogP) is 4.53. The molecule has 3 rings (SSSR count). The Kier molecular flexibility index (Phi) is 7.61. The Morgan fingerprint density at radius 3 is 2.66 bits per heavy atom. The summed E-state index contributed by atoms with van der Waals surface area (Å²) < 4.78 is 1.97. The highest BCUT2D eigenvalue weighted by Crippen LogP contribution is 2.24. The van der Waals surface area contributed by atoms with Gasteiger partial charge in [0.1, 0.15) is 0 Å². The second kappa shape index (κ2) is 10.6. The third kappa shape index (κ3) is 6.04. The van der Waals surface area contributed by atoms with Crippen LogP contribution in [0.5, 0.6) is 0 Å². The molecule has 1 amide bonds. The van der Waals surface area contributed by atoms with E-state index < -0.39 is 0 Å². The largest absolute Gasteiger partial charge is 0.302 e. The zero-order valence-electron chi connectivity index (χ0n) is 15.8. The molecule has 0 fully saturated rings. The van der Waals surface area contributed by atoms with E-state index in [0.29, 0.717) is 16.7 Å². The summed E-state index contributed by atoms with van der Waals surface area (Å²) in [7, 11) is 0. The van der Waals surface area contributed by atoms with E-state index in [9.17, 15) is 4.79 Å². The number of hydrogen-bond acceptors (Lipinski definition) is 5. The molecule has 1 heterocycles. The summed E-state index contributed by atoms with van der Waals surface area (Å²) in [6.07, 6.45) is 5.23. The zero-order valence-corrected chi connectivity index (χ0v) is 17.4. The van der Waals surface area contributed by atoms with Crippen LogP contribution in [0, 0.1) is 0 Å². The maximum Gasteiger partial charge on any atom is 0.250 e. The number of nitrogens with one attached hydrogen (secondary N) is 1. The van der Waals surface area contributed by atoms with Crippen molar-refractivity contribution in [2.45, 2.75) is 18.6 Å². The van der Waals surface area contributed by atoms with Crippen LogP contribution in [0.4, 0.5) is 0 Å². The predicted molar refractivity (Wildman–Crippen MR) is 119 cm³/mol. The number of rotatable bonds is 8. The van der Waals surface area contributed by atoms with Crippen LogP contribution in [0.1, 0.15) is 12.5 Å². The Morgan fingerprint density at radius 1 is 1.17 bits per heavy atom. The van der Waals surface area contributed by atoms with Crippen LogP contribution in [0.3, 0.4) is 0 Å². The van der Waals surface area contributed by atoms with E-state index in [1.165, 1.54) is 11.8 Å². The monoisotopic (exact) mass is 425 g/mol. The van der Waals surface area contributed by atoms with E-state index in [-0.39, 0.29) is 11.7 Å². The highest BCUT2D eigenvalue weighted by atomic mass is 35.5. The summed E-state index contributed by atoms with van der Waals surface area (Å²) in [5, 5.41) is 13.7. The van der Waals surface area contributed by atoms with Gasteiger partial charge in [-0.3, -0.25) is 4.79 Å². The average Bonchev–Trinajstić information content (AvgIpc) is 3.16. The van der Waals surface area contributed by atoms with E-state index in [4.69, 9.17) is 11.6 Å². The number of halogens is 1. The highest BCUT2D eigenvalue weighted by Gasteiger charge is 2.14. The summed E-state index contributed by atoms with van der Waals surface area (Å²) >= 11 is 7.27. The van der Waals surface area contributed by atoms with Crippen LogP contribution < -0.4 is 5.43 Å². The van der Waals surface area contributed by atoms with Crippen LogP contribution in [-0.2, 0) is 11.3 Å². The maximum absolute atomic E-state index is 12.0. The summed E-state index contributed by atoms with van der Waals surface area (Å²) in [6.45, 7) is 2.70. The molecule has 0 aliphatic carbocycles. The summed E-state index contributed by atoms with van der Waals surface area (Å²) in [5.74, 6) is 0.729. The first-order valence-corrected chi connectivity index (χ1v) is 10.4. The molecule has 0 bridgehead atoms. The number of carbonyl (C=O) groups is 1. The number of allylic oxidation sites excluding steroid dienone is 1. The fourth-order valence-electron chi connectivity index (χ4n) is 2.53. The van der Waals surface area contributed by atoms with Crippen LogP contribution in [0.2, 0.25) is 5.02 Å². The van der Waals surface area contributed by atoms with Gasteiger partial charge in [0.25, 0.3) is 5.91 Å². The van der Waals surface area contributed by atoms with Gasteiger partial charge >= 0.3 is 0 Å². The van der Waals surface area contributed by atoms with Crippen molar-refractivity contribution in [1.29, 1.82) is 0 Å². The van der Waals surface area contributed by atoms with E-state index in [1.54, 1.807) is 12.3 Å². The third-order valence-corrected chi connectivity index (χ3v) is 5.12. The second-order valence-corrected chi connectivity index (χ2v) is 7.31. The lowest BCUT2D eigenvalue weighted by atomic mass is 10.2.